The lowest BCUT2D eigenvalue weighted by Crippen LogP contribution is -2.43. The standard InChI is InChI=1S/C13H21NO2/c1-9-4-6-14(7-5-9)11-2-3-12-10(11)8-13(15)16-12/h9-12H,2-8H2,1H3/t10-,11+,12+/m0/s1. The molecule has 3 heteroatoms. The van der Waals surface area contributed by atoms with Crippen molar-refractivity contribution in [2.75, 3.05) is 13.1 Å². The van der Waals surface area contributed by atoms with Crippen LogP contribution in [-0.4, -0.2) is 36.1 Å². The number of fused-ring (bicyclic) bond motifs is 1. The Bertz CT molecular complexity index is 284. The molecular weight excluding hydrogens is 202 g/mol. The minimum Gasteiger partial charge on any atom is -0.462 e. The predicted molar refractivity (Wildman–Crippen MR) is 61.0 cm³/mol. The SMILES string of the molecule is CC1CCN([C@@H]2CC[C@H]3OC(=O)C[C@@H]23)CC1. The van der Waals surface area contributed by atoms with Gasteiger partial charge in [-0.2, -0.15) is 0 Å². The van der Waals surface area contributed by atoms with Crippen molar-refractivity contribution in [2.45, 2.75) is 51.2 Å². The number of hydrogen-bond donors (Lipinski definition) is 0. The van der Waals surface area contributed by atoms with Crippen LogP contribution in [0.5, 0.6) is 0 Å². The van der Waals surface area contributed by atoms with Gasteiger partial charge in [-0.3, -0.25) is 9.69 Å². The van der Waals surface area contributed by atoms with Gasteiger partial charge in [-0.25, -0.2) is 0 Å². The van der Waals surface area contributed by atoms with Crippen LogP contribution in [-0.2, 0) is 9.53 Å². The molecule has 0 radical (unpaired) electrons. The van der Waals surface area contributed by atoms with Gasteiger partial charge in [0.15, 0.2) is 0 Å². The Morgan fingerprint density at radius 3 is 2.69 bits per heavy atom. The van der Waals surface area contributed by atoms with E-state index in [9.17, 15) is 4.79 Å². The molecule has 3 aliphatic rings. The normalized spacial score (nSPS) is 41.1. The van der Waals surface area contributed by atoms with E-state index < -0.39 is 0 Å². The first-order valence-electron chi connectivity index (χ1n) is 6.67. The van der Waals surface area contributed by atoms with Crippen LogP contribution in [0.15, 0.2) is 0 Å². The summed E-state index contributed by atoms with van der Waals surface area (Å²) in [6.07, 6.45) is 5.88. The average Bonchev–Trinajstić information content (AvgIpc) is 2.78. The number of nitrogens with zero attached hydrogens (tertiary/aromatic N) is 1. The van der Waals surface area contributed by atoms with E-state index >= 15 is 0 Å². The number of carbonyl (C=O) groups excluding carboxylic acids is 1. The summed E-state index contributed by atoms with van der Waals surface area (Å²) in [7, 11) is 0. The van der Waals surface area contributed by atoms with Gasteiger partial charge in [0.05, 0.1) is 6.42 Å². The lowest BCUT2D eigenvalue weighted by molar-refractivity contribution is -0.141. The average molecular weight is 223 g/mol. The molecule has 3 atom stereocenters. The van der Waals surface area contributed by atoms with Crippen LogP contribution in [0, 0.1) is 11.8 Å². The Kier molecular flexibility index (Phi) is 2.66. The van der Waals surface area contributed by atoms with Crippen molar-refractivity contribution in [1.29, 1.82) is 0 Å². The molecule has 0 N–H and O–H groups in total. The summed E-state index contributed by atoms with van der Waals surface area (Å²) in [5.41, 5.74) is 0. The van der Waals surface area contributed by atoms with E-state index in [0.29, 0.717) is 18.4 Å². The van der Waals surface area contributed by atoms with Crippen LogP contribution in [0.3, 0.4) is 0 Å². The molecule has 1 aliphatic carbocycles. The van der Waals surface area contributed by atoms with Gasteiger partial charge >= 0.3 is 5.97 Å². The maximum Gasteiger partial charge on any atom is 0.306 e. The number of ether oxygens (including phenoxy) is 1. The van der Waals surface area contributed by atoms with Crippen molar-refractivity contribution in [2.24, 2.45) is 11.8 Å². The maximum absolute atomic E-state index is 11.3. The third kappa shape index (κ3) is 1.75. The molecule has 0 spiro atoms. The fourth-order valence-electron chi connectivity index (χ4n) is 3.65. The zero-order chi connectivity index (χ0) is 11.1. The Morgan fingerprint density at radius 1 is 1.19 bits per heavy atom. The van der Waals surface area contributed by atoms with Crippen molar-refractivity contribution in [3.63, 3.8) is 0 Å². The van der Waals surface area contributed by atoms with Crippen LogP contribution in [0.25, 0.3) is 0 Å². The van der Waals surface area contributed by atoms with Gasteiger partial charge in [0, 0.05) is 12.0 Å². The predicted octanol–water partition coefficient (Wildman–Crippen LogP) is 1.81. The molecule has 2 saturated heterocycles. The van der Waals surface area contributed by atoms with E-state index in [1.807, 2.05) is 0 Å². The second-order valence-electron chi connectivity index (χ2n) is 5.76. The van der Waals surface area contributed by atoms with Crippen LogP contribution >= 0.6 is 0 Å². The van der Waals surface area contributed by atoms with E-state index in [1.165, 1.54) is 32.4 Å². The lowest BCUT2D eigenvalue weighted by Gasteiger charge is -2.36. The second kappa shape index (κ2) is 4.02. The zero-order valence-electron chi connectivity index (χ0n) is 10.0. The number of piperidine rings is 1. The molecule has 0 aromatic carbocycles. The molecule has 3 rings (SSSR count). The molecule has 3 nitrogen and oxygen atoms in total. The molecule has 0 unspecified atom stereocenters. The molecule has 0 aromatic heterocycles. The van der Waals surface area contributed by atoms with E-state index in [0.717, 1.165) is 12.3 Å². The number of carbonyl (C=O) groups is 1. The summed E-state index contributed by atoms with van der Waals surface area (Å²) in [6.45, 7) is 4.80. The molecule has 3 fully saturated rings. The quantitative estimate of drug-likeness (QED) is 0.635. The lowest BCUT2D eigenvalue weighted by atomic mass is 9.93. The highest BCUT2D eigenvalue weighted by molar-refractivity contribution is 5.72. The largest absolute Gasteiger partial charge is 0.462 e. The smallest absolute Gasteiger partial charge is 0.306 e. The van der Waals surface area contributed by atoms with E-state index in [-0.39, 0.29) is 12.1 Å². The summed E-state index contributed by atoms with van der Waals surface area (Å²) in [6, 6.07) is 0.629. The summed E-state index contributed by atoms with van der Waals surface area (Å²) >= 11 is 0. The minimum absolute atomic E-state index is 0.0325. The van der Waals surface area contributed by atoms with Gasteiger partial charge in [-0.05, 0) is 44.7 Å². The third-order valence-corrected chi connectivity index (χ3v) is 4.69. The third-order valence-electron chi connectivity index (χ3n) is 4.69. The molecule has 2 heterocycles. The van der Waals surface area contributed by atoms with Crippen LogP contribution in [0.1, 0.15) is 39.0 Å². The van der Waals surface area contributed by atoms with Gasteiger partial charge < -0.3 is 4.74 Å². The van der Waals surface area contributed by atoms with E-state index in [4.69, 9.17) is 4.74 Å². The number of rotatable bonds is 1. The monoisotopic (exact) mass is 223 g/mol. The second-order valence-corrected chi connectivity index (χ2v) is 5.76. The fraction of sp³-hybridized carbons (Fsp3) is 0.923. The summed E-state index contributed by atoms with van der Waals surface area (Å²) in [4.78, 5) is 13.9. The molecule has 0 bridgehead atoms. The first-order valence-corrected chi connectivity index (χ1v) is 6.67. The number of hydrogen-bond acceptors (Lipinski definition) is 3. The molecule has 90 valence electrons. The first-order chi connectivity index (χ1) is 7.74. The highest BCUT2D eigenvalue weighted by atomic mass is 16.6. The fourth-order valence-corrected chi connectivity index (χ4v) is 3.65. The van der Waals surface area contributed by atoms with Crippen molar-refractivity contribution in [1.82, 2.24) is 4.90 Å². The van der Waals surface area contributed by atoms with Gasteiger partial charge in [-0.15, -0.1) is 0 Å². The highest BCUT2D eigenvalue weighted by Crippen LogP contribution is 2.40. The Balaban J connectivity index is 1.65. The Hall–Kier alpha value is -0.570. The van der Waals surface area contributed by atoms with Crippen LogP contribution in [0.2, 0.25) is 0 Å². The van der Waals surface area contributed by atoms with Crippen molar-refractivity contribution >= 4 is 5.97 Å². The van der Waals surface area contributed by atoms with E-state index in [1.54, 1.807) is 0 Å². The molecule has 0 aromatic rings. The zero-order valence-corrected chi connectivity index (χ0v) is 10.0. The molecule has 1 saturated carbocycles. The van der Waals surface area contributed by atoms with Crippen molar-refractivity contribution in [3.05, 3.63) is 0 Å². The highest BCUT2D eigenvalue weighted by Gasteiger charge is 2.47. The van der Waals surface area contributed by atoms with Gasteiger partial charge in [0.2, 0.25) is 0 Å². The number of esters is 1. The Morgan fingerprint density at radius 2 is 1.94 bits per heavy atom. The van der Waals surface area contributed by atoms with Crippen molar-refractivity contribution < 1.29 is 9.53 Å². The summed E-state index contributed by atoms with van der Waals surface area (Å²) < 4.78 is 5.36. The van der Waals surface area contributed by atoms with Gasteiger partial charge in [0.1, 0.15) is 6.10 Å². The van der Waals surface area contributed by atoms with E-state index in [2.05, 4.69) is 11.8 Å². The molecular formula is C13H21NO2. The van der Waals surface area contributed by atoms with Crippen molar-refractivity contribution in [3.8, 4) is 0 Å². The first kappa shape index (κ1) is 10.6. The molecule has 2 aliphatic heterocycles. The summed E-state index contributed by atoms with van der Waals surface area (Å²) in [5.74, 6) is 1.42. The topological polar surface area (TPSA) is 29.5 Å². The molecule has 0 amide bonds. The van der Waals surface area contributed by atoms with Crippen LogP contribution in [0.4, 0.5) is 0 Å². The van der Waals surface area contributed by atoms with Gasteiger partial charge in [-0.1, -0.05) is 6.92 Å². The minimum atomic E-state index is 0.0325. The summed E-state index contributed by atoms with van der Waals surface area (Å²) in [5, 5.41) is 0. The van der Waals surface area contributed by atoms with Gasteiger partial charge in [0.25, 0.3) is 0 Å². The number of likely N-dealkylation sites (tertiary alicyclic amines) is 1. The Labute approximate surface area is 97.1 Å². The maximum atomic E-state index is 11.3. The van der Waals surface area contributed by atoms with Crippen LogP contribution < -0.4 is 0 Å². The molecule has 16 heavy (non-hydrogen) atoms.